The van der Waals surface area contributed by atoms with Crippen molar-refractivity contribution in [3.05, 3.63) is 0 Å². The van der Waals surface area contributed by atoms with Crippen molar-refractivity contribution in [3.8, 4) is 0 Å². The van der Waals surface area contributed by atoms with Gasteiger partial charge in [-0.05, 0) is 36.0 Å². The lowest BCUT2D eigenvalue weighted by Crippen LogP contribution is -2.53. The molecule has 4 atom stereocenters. The molecule has 2 aliphatic carbocycles. The summed E-state index contributed by atoms with van der Waals surface area (Å²) >= 11 is 0. The smallest absolute Gasteiger partial charge is 0.247 e. The number of carbonyl (C=O) groups is 1. The van der Waals surface area contributed by atoms with Crippen molar-refractivity contribution in [3.63, 3.8) is 0 Å². The highest BCUT2D eigenvalue weighted by Crippen LogP contribution is 2.62. The highest BCUT2D eigenvalue weighted by Gasteiger charge is 2.58. The molecule has 4 nitrogen and oxygen atoms in total. The summed E-state index contributed by atoms with van der Waals surface area (Å²) in [6.45, 7) is 7.16. The Hall–Kier alpha value is -0.610. The zero-order valence-corrected chi connectivity index (χ0v) is 11.0. The van der Waals surface area contributed by atoms with E-state index in [1.807, 2.05) is 0 Å². The summed E-state index contributed by atoms with van der Waals surface area (Å²) in [7, 11) is 0. The third kappa shape index (κ3) is 1.97. The first-order valence-electron chi connectivity index (χ1n) is 6.48. The van der Waals surface area contributed by atoms with Gasteiger partial charge in [-0.15, -0.1) is 0 Å². The van der Waals surface area contributed by atoms with E-state index in [1.165, 1.54) is 19.3 Å². The lowest BCUT2D eigenvalue weighted by molar-refractivity contribution is -0.126. The zero-order chi connectivity index (χ0) is 12.8. The quantitative estimate of drug-likeness (QED) is 0.675. The fourth-order valence-corrected chi connectivity index (χ4v) is 4.14. The van der Waals surface area contributed by atoms with Crippen molar-refractivity contribution in [2.45, 2.75) is 52.2 Å². The van der Waals surface area contributed by atoms with Crippen LogP contribution in [0.25, 0.3) is 0 Å². The van der Waals surface area contributed by atoms with Gasteiger partial charge in [0.1, 0.15) is 6.10 Å². The van der Waals surface area contributed by atoms with Gasteiger partial charge in [0.2, 0.25) is 5.91 Å². The number of fused-ring (bicyclic) bond motifs is 2. The van der Waals surface area contributed by atoms with E-state index in [0.717, 1.165) is 5.92 Å². The summed E-state index contributed by atoms with van der Waals surface area (Å²) in [5.74, 6) is 0.110. The number of aliphatic hydroxyl groups is 1. The van der Waals surface area contributed by atoms with Crippen molar-refractivity contribution >= 4 is 5.91 Å². The SMILES string of the molecule is CC1(C)C(NCC(O)C(N)=O)[C@]2(C)CC[C@H]1C2. The first-order chi connectivity index (χ1) is 7.77. The molecule has 0 spiro atoms. The van der Waals surface area contributed by atoms with Crippen LogP contribution in [0.3, 0.4) is 0 Å². The highest BCUT2D eigenvalue weighted by molar-refractivity contribution is 5.78. The molecule has 2 saturated carbocycles. The molecule has 1 amide bonds. The summed E-state index contributed by atoms with van der Waals surface area (Å²) in [6, 6.07) is 0.364. The van der Waals surface area contributed by atoms with Crippen LogP contribution in [-0.2, 0) is 4.79 Å². The van der Waals surface area contributed by atoms with Crippen LogP contribution in [0.4, 0.5) is 0 Å². The molecule has 0 heterocycles. The fraction of sp³-hybridized carbons (Fsp3) is 0.923. The molecule has 4 heteroatoms. The Morgan fingerprint density at radius 1 is 1.53 bits per heavy atom. The third-order valence-electron chi connectivity index (χ3n) is 5.11. The van der Waals surface area contributed by atoms with E-state index < -0.39 is 12.0 Å². The molecule has 17 heavy (non-hydrogen) atoms. The molecule has 2 bridgehead atoms. The summed E-state index contributed by atoms with van der Waals surface area (Å²) in [6.07, 6.45) is 2.73. The molecule has 0 aromatic heterocycles. The van der Waals surface area contributed by atoms with Crippen LogP contribution in [-0.4, -0.2) is 29.7 Å². The van der Waals surface area contributed by atoms with Crippen LogP contribution in [0.1, 0.15) is 40.0 Å². The second kappa shape index (κ2) is 3.95. The lowest BCUT2D eigenvalue weighted by atomic mass is 9.68. The van der Waals surface area contributed by atoms with Gasteiger partial charge in [0.15, 0.2) is 0 Å². The van der Waals surface area contributed by atoms with Gasteiger partial charge in [0.05, 0.1) is 0 Å². The van der Waals surface area contributed by atoms with Crippen LogP contribution < -0.4 is 11.1 Å². The van der Waals surface area contributed by atoms with Crippen molar-refractivity contribution in [2.75, 3.05) is 6.54 Å². The number of nitrogens with one attached hydrogen (secondary N) is 1. The Kier molecular flexibility index (Phi) is 2.99. The number of rotatable bonds is 4. The predicted molar refractivity (Wildman–Crippen MR) is 66.2 cm³/mol. The third-order valence-corrected chi connectivity index (χ3v) is 5.11. The summed E-state index contributed by atoms with van der Waals surface area (Å²) in [4.78, 5) is 10.8. The molecule has 98 valence electrons. The Balaban J connectivity index is 2.03. The number of carbonyl (C=O) groups excluding carboxylic acids is 1. The van der Waals surface area contributed by atoms with E-state index in [2.05, 4.69) is 26.1 Å². The van der Waals surface area contributed by atoms with Crippen LogP contribution in [0, 0.1) is 16.7 Å². The van der Waals surface area contributed by atoms with Crippen LogP contribution in [0.15, 0.2) is 0 Å². The number of aliphatic hydroxyl groups excluding tert-OH is 1. The largest absolute Gasteiger partial charge is 0.382 e. The van der Waals surface area contributed by atoms with E-state index in [0.29, 0.717) is 11.5 Å². The normalized spacial score (nSPS) is 40.5. The van der Waals surface area contributed by atoms with Gasteiger partial charge in [-0.3, -0.25) is 4.79 Å². The molecular weight excluding hydrogens is 216 g/mol. The van der Waals surface area contributed by atoms with Crippen molar-refractivity contribution in [2.24, 2.45) is 22.5 Å². The van der Waals surface area contributed by atoms with Crippen LogP contribution >= 0.6 is 0 Å². The minimum absolute atomic E-state index is 0.240. The van der Waals surface area contributed by atoms with E-state index in [-0.39, 0.29) is 12.0 Å². The predicted octanol–water partition coefficient (Wildman–Crippen LogP) is 0.637. The monoisotopic (exact) mass is 240 g/mol. The van der Waals surface area contributed by atoms with Gasteiger partial charge in [0, 0.05) is 12.6 Å². The van der Waals surface area contributed by atoms with E-state index in [9.17, 15) is 9.90 Å². The van der Waals surface area contributed by atoms with E-state index >= 15 is 0 Å². The summed E-state index contributed by atoms with van der Waals surface area (Å²) < 4.78 is 0. The van der Waals surface area contributed by atoms with Gasteiger partial charge in [-0.1, -0.05) is 20.8 Å². The molecular formula is C13H24N2O2. The molecule has 2 rings (SSSR count). The van der Waals surface area contributed by atoms with Gasteiger partial charge in [-0.2, -0.15) is 0 Å². The zero-order valence-electron chi connectivity index (χ0n) is 11.0. The first kappa shape index (κ1) is 12.8. The number of hydrogen-bond donors (Lipinski definition) is 3. The maximum atomic E-state index is 10.8. The second-order valence-electron chi connectivity index (χ2n) is 6.67. The van der Waals surface area contributed by atoms with Crippen molar-refractivity contribution in [1.82, 2.24) is 5.32 Å². The fourth-order valence-electron chi connectivity index (χ4n) is 4.14. The summed E-state index contributed by atoms with van der Waals surface area (Å²) in [5, 5.41) is 12.8. The standard InChI is InChI=1S/C13H24N2O2/c1-12(2)8-4-5-13(3,6-8)11(12)15-7-9(16)10(14)17/h8-9,11,15-16H,4-7H2,1-3H3,(H2,14,17)/t8-,9?,11?,13+/m0/s1. The molecule has 4 N–H and O–H groups in total. The van der Waals surface area contributed by atoms with Gasteiger partial charge < -0.3 is 16.2 Å². The van der Waals surface area contributed by atoms with Gasteiger partial charge in [-0.25, -0.2) is 0 Å². The topological polar surface area (TPSA) is 75.3 Å². The maximum Gasteiger partial charge on any atom is 0.247 e. The molecule has 0 aliphatic heterocycles. The summed E-state index contributed by atoms with van der Waals surface area (Å²) in [5.41, 5.74) is 5.62. The molecule has 2 fully saturated rings. The molecule has 2 unspecified atom stereocenters. The average Bonchev–Trinajstić information content (AvgIpc) is 2.68. The minimum atomic E-state index is -1.08. The Labute approximate surface area is 103 Å². The van der Waals surface area contributed by atoms with Crippen molar-refractivity contribution < 1.29 is 9.90 Å². The second-order valence-corrected chi connectivity index (χ2v) is 6.67. The molecule has 0 saturated heterocycles. The number of primary amides is 1. The Bertz CT molecular complexity index is 325. The first-order valence-corrected chi connectivity index (χ1v) is 6.48. The number of hydrogen-bond acceptors (Lipinski definition) is 3. The van der Waals surface area contributed by atoms with Gasteiger partial charge >= 0.3 is 0 Å². The van der Waals surface area contributed by atoms with Crippen molar-refractivity contribution in [1.29, 1.82) is 0 Å². The van der Waals surface area contributed by atoms with Crippen LogP contribution in [0.2, 0.25) is 0 Å². The minimum Gasteiger partial charge on any atom is -0.382 e. The van der Waals surface area contributed by atoms with Crippen LogP contribution in [0.5, 0.6) is 0 Å². The Morgan fingerprint density at radius 2 is 2.18 bits per heavy atom. The Morgan fingerprint density at radius 3 is 2.65 bits per heavy atom. The molecule has 0 radical (unpaired) electrons. The average molecular weight is 240 g/mol. The number of amides is 1. The van der Waals surface area contributed by atoms with Gasteiger partial charge in [0.25, 0.3) is 0 Å². The van der Waals surface area contributed by atoms with E-state index in [1.54, 1.807) is 0 Å². The highest BCUT2D eigenvalue weighted by atomic mass is 16.3. The molecule has 0 aromatic rings. The lowest BCUT2D eigenvalue weighted by Gasteiger charge is -2.43. The van der Waals surface area contributed by atoms with E-state index in [4.69, 9.17) is 5.73 Å². The maximum absolute atomic E-state index is 10.8. The molecule has 2 aliphatic rings. The number of nitrogens with two attached hydrogens (primary N) is 1. The molecule has 0 aromatic carbocycles.